The van der Waals surface area contributed by atoms with Gasteiger partial charge in [-0.3, -0.25) is 0 Å². The van der Waals surface area contributed by atoms with Gasteiger partial charge in [-0.2, -0.15) is 158 Å². The summed E-state index contributed by atoms with van der Waals surface area (Å²) in [6, 6.07) is 2.23. The molecule has 3 aromatic heterocycles. The highest BCUT2D eigenvalue weighted by Gasteiger charge is 2.49. The molecule has 0 spiro atoms. The Balaban J connectivity index is 1.77. The lowest BCUT2D eigenvalue weighted by atomic mass is 9.81. The van der Waals surface area contributed by atoms with Crippen LogP contribution in [0.5, 0.6) is 0 Å². The van der Waals surface area contributed by atoms with Gasteiger partial charge in [0.25, 0.3) is 0 Å². The Morgan fingerprint density at radius 1 is 0.245 bits per heavy atom. The first kappa shape index (κ1) is 77.4. The van der Waals surface area contributed by atoms with Crippen LogP contribution in [0.3, 0.4) is 0 Å². The third-order valence-electron chi connectivity index (χ3n) is 15.2. The predicted octanol–water partition coefficient (Wildman–Crippen LogP) is 20.1. The lowest BCUT2D eigenvalue weighted by Gasteiger charge is -2.26. The largest absolute Gasteiger partial charge is 0.393 e. The highest BCUT2D eigenvalue weighted by Crippen LogP contribution is 2.53. The van der Waals surface area contributed by atoms with E-state index in [2.05, 4.69) is 34.9 Å². The summed E-state index contributed by atoms with van der Waals surface area (Å²) in [5.41, 5.74) is -44.1. The fourth-order valence-electron chi connectivity index (χ4n) is 12.3. The zero-order chi connectivity index (χ0) is 76.7. The molecular weight excluding hydrogens is 1490 g/mol. The minimum atomic E-state index is -6.29. The number of H-pyrrole nitrogens is 2. The third kappa shape index (κ3) is 18.2. The molecule has 8 nitrogen and oxygen atoms in total. The van der Waals surface area contributed by atoms with Crippen molar-refractivity contribution in [3.05, 3.63) is 90.5 Å². The number of halogens is 36. The first-order valence-electron chi connectivity index (χ1n) is 27.7. The number of hydrogen-bond acceptors (Lipinski definition) is 6. The van der Waals surface area contributed by atoms with Crippen molar-refractivity contribution in [2.45, 2.75) is 151 Å². The first-order chi connectivity index (χ1) is 45.9. The van der Waals surface area contributed by atoms with Crippen molar-refractivity contribution in [2.75, 3.05) is 0 Å². The van der Waals surface area contributed by atoms with Gasteiger partial charge in [0.2, 0.25) is 0 Å². The van der Waals surface area contributed by atoms with Crippen LogP contribution >= 0.6 is 0 Å². The summed E-state index contributed by atoms with van der Waals surface area (Å²) in [4.78, 5) is 25.8. The minimum absolute atomic E-state index is 0.450. The van der Waals surface area contributed by atoms with Crippen LogP contribution < -0.4 is 0 Å². The van der Waals surface area contributed by atoms with E-state index in [4.69, 9.17) is 6.42 Å². The maximum absolute atomic E-state index is 15.2. The zero-order valence-electron chi connectivity index (χ0n) is 49.1. The Morgan fingerprint density at radius 2 is 0.441 bits per heavy atom. The summed E-state index contributed by atoms with van der Waals surface area (Å²) < 4.78 is 540. The van der Waals surface area contributed by atoms with E-state index in [1.807, 2.05) is 5.92 Å². The van der Waals surface area contributed by atoms with Gasteiger partial charge in [-0.25, -0.2) is 29.9 Å². The Kier molecular flexibility index (Phi) is 19.2. The SMILES string of the molecule is C#Cc1ccc2c3nc4nc(nc5[nH]c(nc6nc(nc([nH]3)c2c1)-c1c(CC(F)(F)F)c(CC(F)(F)F)c(CC(F)(F)F)c(CC(F)(F)F)c1-6)c1c(CC(F)(F)F)c(CC(F)(F)F)c(CC(F)(F)F)c(CC(F)(F)F)c51)-c1c(CC(F)(F)F)c(CC(F)(F)F)c(CC(F)(F)F)c(CC(F)(F)F)c1-4. The molecule has 554 valence electrons. The number of aromatic nitrogens is 8. The van der Waals surface area contributed by atoms with E-state index >= 15 is 79.0 Å². The average Bonchev–Trinajstić information content (AvgIpc) is 1.52. The standard InChI is InChI=1S/C58H30F36N8/c1-2-18-3-4-19-20(5-18)40-95-39(19)96-41-33-27(12-53(77,78)79)21(6-47(59,60)61)23(8-49(65,66)67)29(14-55(83,84)85)35(33)43(98-41)100-45-37-31(16-57(89,90)91)25(10-51(71,72)73)26(11-52(74,75)76)32(17-58(92,93)94)38(37)46(102-45)101-44-36-30(15-56(86,87)88)24(9-50(68,69)70)22(7-48(62,63)64)28(13-54(80,81)82)34(36)42(97-40)99-44/h1,3-5H,6-17H2,(H2,95,96,97,98,99,100,101,102). The first-order valence-corrected chi connectivity index (χ1v) is 27.7. The van der Waals surface area contributed by atoms with Crippen molar-refractivity contribution < 1.29 is 158 Å². The Morgan fingerprint density at radius 3 is 0.676 bits per heavy atom. The third-order valence-corrected chi connectivity index (χ3v) is 15.2. The number of fused-ring (bicyclic) bond motifs is 20. The summed E-state index contributed by atoms with van der Waals surface area (Å²) in [5, 5.41) is -6.15. The van der Waals surface area contributed by atoms with E-state index in [1.165, 1.54) is 0 Å². The van der Waals surface area contributed by atoms with Crippen molar-refractivity contribution in [1.29, 1.82) is 0 Å². The summed E-state index contributed by atoms with van der Waals surface area (Å²) in [7, 11) is 0. The topological polar surface area (TPSA) is 109 Å². The second kappa shape index (κ2) is 25.3. The lowest BCUT2D eigenvalue weighted by Crippen LogP contribution is -2.25. The van der Waals surface area contributed by atoms with Crippen LogP contribution in [-0.2, 0) is 77.0 Å². The molecule has 7 aromatic rings. The van der Waals surface area contributed by atoms with Crippen LogP contribution in [-0.4, -0.2) is 114 Å². The Bertz CT molecular complexity index is 4700. The van der Waals surface area contributed by atoms with Crippen molar-refractivity contribution in [3.8, 4) is 57.9 Å². The van der Waals surface area contributed by atoms with Gasteiger partial charge in [0.05, 0.1) is 77.0 Å². The van der Waals surface area contributed by atoms with Crippen molar-refractivity contribution >= 4 is 44.1 Å². The summed E-state index contributed by atoms with van der Waals surface area (Å²) in [6.45, 7) is 0. The number of hydrogen-bond donors (Lipinski definition) is 2. The van der Waals surface area contributed by atoms with Crippen LogP contribution in [0.25, 0.3) is 89.7 Å². The van der Waals surface area contributed by atoms with Crippen LogP contribution in [0.4, 0.5) is 158 Å². The van der Waals surface area contributed by atoms with Crippen LogP contribution in [0.15, 0.2) is 18.2 Å². The summed E-state index contributed by atoms with van der Waals surface area (Å²) in [6.07, 6.45) is -106. The maximum Gasteiger partial charge on any atom is 0.393 e. The Hall–Kier alpha value is -8.72. The fourth-order valence-corrected chi connectivity index (χ4v) is 12.3. The highest BCUT2D eigenvalue weighted by atomic mass is 19.5. The van der Waals surface area contributed by atoms with E-state index in [1.54, 1.807) is 4.98 Å². The van der Waals surface area contributed by atoms with E-state index in [9.17, 15) is 79.0 Å². The number of alkyl halides is 36. The normalized spacial score (nSPS) is 14.1. The molecule has 2 aliphatic heterocycles. The van der Waals surface area contributed by atoms with E-state index in [0.29, 0.717) is 12.1 Å². The molecule has 0 unspecified atom stereocenters. The molecule has 5 heterocycles. The number of benzene rings is 4. The molecule has 0 saturated carbocycles. The summed E-state index contributed by atoms with van der Waals surface area (Å²) in [5.74, 6) is -6.13. The molecule has 0 amide bonds. The number of terminal acetylenes is 1. The minimum Gasteiger partial charge on any atom is -0.324 e. The molecule has 0 fully saturated rings. The van der Waals surface area contributed by atoms with Crippen LogP contribution in [0, 0.1) is 12.3 Å². The monoisotopic (exact) mass is 1520 g/mol. The average molecular weight is 1520 g/mol. The molecular formula is C58H30F36N8. The van der Waals surface area contributed by atoms with Crippen molar-refractivity contribution in [3.63, 3.8) is 0 Å². The van der Waals surface area contributed by atoms with Gasteiger partial charge < -0.3 is 9.97 Å². The molecule has 2 aliphatic rings. The zero-order valence-corrected chi connectivity index (χ0v) is 49.1. The van der Waals surface area contributed by atoms with Crippen LogP contribution in [0.1, 0.15) is 72.3 Å². The smallest absolute Gasteiger partial charge is 0.324 e. The molecule has 0 saturated heterocycles. The number of aromatic amines is 2. The van der Waals surface area contributed by atoms with Crippen molar-refractivity contribution in [2.24, 2.45) is 0 Å². The van der Waals surface area contributed by atoms with Gasteiger partial charge in [0.15, 0.2) is 23.3 Å². The molecule has 44 heteroatoms. The molecule has 0 aliphatic carbocycles. The molecule has 0 radical (unpaired) electrons. The maximum atomic E-state index is 15.2. The van der Waals surface area contributed by atoms with Gasteiger partial charge in [-0.1, -0.05) is 5.92 Å². The molecule has 102 heavy (non-hydrogen) atoms. The summed E-state index contributed by atoms with van der Waals surface area (Å²) >= 11 is 0. The van der Waals surface area contributed by atoms with Crippen molar-refractivity contribution in [1.82, 2.24) is 39.9 Å². The van der Waals surface area contributed by atoms with Gasteiger partial charge >= 0.3 is 74.1 Å². The molecule has 0 atom stereocenters. The molecule has 2 N–H and O–H groups in total. The molecule has 9 rings (SSSR count). The number of nitrogens with zero attached hydrogens (tertiary/aromatic N) is 6. The number of rotatable bonds is 12. The second-order valence-electron chi connectivity index (χ2n) is 23.0. The van der Waals surface area contributed by atoms with Gasteiger partial charge in [-0.15, -0.1) is 6.42 Å². The predicted molar refractivity (Wildman–Crippen MR) is 281 cm³/mol. The van der Waals surface area contributed by atoms with E-state index in [-0.39, 0.29) is 0 Å². The van der Waals surface area contributed by atoms with Gasteiger partial charge in [0.1, 0.15) is 22.6 Å². The van der Waals surface area contributed by atoms with E-state index < -0.39 is 313 Å². The van der Waals surface area contributed by atoms with E-state index in [0.717, 1.165) is 6.07 Å². The quantitative estimate of drug-likeness (QED) is 0.0932. The molecule has 8 bridgehead atoms. The highest BCUT2D eigenvalue weighted by molar-refractivity contribution is 6.11. The Labute approximate surface area is 541 Å². The second-order valence-corrected chi connectivity index (χ2v) is 23.0. The van der Waals surface area contributed by atoms with Crippen LogP contribution in [0.2, 0.25) is 0 Å². The lowest BCUT2D eigenvalue weighted by molar-refractivity contribution is -0.136. The van der Waals surface area contributed by atoms with Gasteiger partial charge in [0, 0.05) is 49.4 Å². The fraction of sp³-hybridized carbons (Fsp3) is 0.414. The molecule has 4 aromatic carbocycles. The van der Waals surface area contributed by atoms with Gasteiger partial charge in [-0.05, 0) is 85.0 Å². The number of nitrogens with one attached hydrogen (secondary N) is 2.